The first-order valence-electron chi connectivity index (χ1n) is 12.9. The maximum absolute atomic E-state index is 13.8. The standard InChI is InChI=1S/C30H25N5O5S/c1-40-23-10-7-9-21(16-23)28(36)33-30-31-18-22-19-34(15-14-25(22)32-30)29(37)27-17-20-8-5-6-13-26(20)35(27)41(38,39)24-11-3-2-4-12-24/h2-13,16-18H,14-15,19H2,1H3,(H,31,32,33,36). The fourth-order valence-electron chi connectivity index (χ4n) is 4.89. The summed E-state index contributed by atoms with van der Waals surface area (Å²) in [4.78, 5) is 37.0. The highest BCUT2D eigenvalue weighted by Gasteiger charge is 2.31. The van der Waals surface area contributed by atoms with E-state index in [0.717, 1.165) is 9.54 Å². The van der Waals surface area contributed by atoms with Crippen molar-refractivity contribution >= 4 is 38.7 Å². The molecule has 1 N–H and O–H groups in total. The second-order valence-electron chi connectivity index (χ2n) is 9.50. The van der Waals surface area contributed by atoms with E-state index in [0.29, 0.717) is 40.9 Å². The highest BCUT2D eigenvalue weighted by molar-refractivity contribution is 7.90. The average Bonchev–Trinajstić information content (AvgIpc) is 3.41. The Balaban J connectivity index is 1.27. The van der Waals surface area contributed by atoms with E-state index in [1.807, 2.05) is 0 Å². The van der Waals surface area contributed by atoms with Crippen molar-refractivity contribution in [1.82, 2.24) is 18.8 Å². The molecule has 206 valence electrons. The lowest BCUT2D eigenvalue weighted by atomic mass is 10.1. The van der Waals surface area contributed by atoms with Gasteiger partial charge >= 0.3 is 0 Å². The number of hydrogen-bond acceptors (Lipinski definition) is 7. The number of hydrogen-bond donors (Lipinski definition) is 1. The first-order chi connectivity index (χ1) is 19.8. The van der Waals surface area contributed by atoms with Crippen LogP contribution in [-0.4, -0.2) is 52.7 Å². The molecule has 2 amide bonds. The van der Waals surface area contributed by atoms with Crippen molar-refractivity contribution in [2.24, 2.45) is 0 Å². The van der Waals surface area contributed by atoms with Crippen molar-refractivity contribution in [2.75, 3.05) is 19.0 Å². The predicted octanol–water partition coefficient (Wildman–Crippen LogP) is 4.13. The molecule has 0 spiro atoms. The quantitative estimate of drug-likeness (QED) is 0.327. The van der Waals surface area contributed by atoms with E-state index in [2.05, 4.69) is 15.3 Å². The molecule has 0 radical (unpaired) electrons. The SMILES string of the molecule is COc1cccc(C(=O)Nc2ncc3c(n2)CCN(C(=O)c2cc4ccccc4n2S(=O)(=O)c2ccccc2)C3)c1. The van der Waals surface area contributed by atoms with Gasteiger partial charge in [-0.15, -0.1) is 0 Å². The second kappa shape index (κ2) is 10.5. The van der Waals surface area contributed by atoms with Gasteiger partial charge in [0.15, 0.2) is 0 Å². The first-order valence-corrected chi connectivity index (χ1v) is 14.3. The zero-order chi connectivity index (χ0) is 28.6. The molecule has 1 aliphatic heterocycles. The van der Waals surface area contributed by atoms with Crippen molar-refractivity contribution in [3.63, 3.8) is 0 Å². The number of carbonyl (C=O) groups excluding carboxylic acids is 2. The molecule has 5 aromatic rings. The zero-order valence-electron chi connectivity index (χ0n) is 22.0. The molecule has 0 atom stereocenters. The third-order valence-electron chi connectivity index (χ3n) is 6.95. The van der Waals surface area contributed by atoms with Crippen LogP contribution in [0.1, 0.15) is 32.1 Å². The van der Waals surface area contributed by atoms with Gasteiger partial charge in [-0.05, 0) is 42.5 Å². The molecule has 3 aromatic carbocycles. The minimum absolute atomic E-state index is 0.0570. The molecule has 41 heavy (non-hydrogen) atoms. The topological polar surface area (TPSA) is 123 Å². The number of para-hydroxylation sites is 1. The summed E-state index contributed by atoms with van der Waals surface area (Å²) >= 11 is 0. The van der Waals surface area contributed by atoms with Crippen LogP contribution in [0.2, 0.25) is 0 Å². The Morgan fingerprint density at radius 1 is 0.951 bits per heavy atom. The Labute approximate surface area is 236 Å². The minimum atomic E-state index is -4.05. The summed E-state index contributed by atoms with van der Waals surface area (Å²) in [6.45, 7) is 0.518. The lowest BCUT2D eigenvalue weighted by Gasteiger charge is -2.28. The molecule has 11 heteroatoms. The number of fused-ring (bicyclic) bond motifs is 2. The van der Waals surface area contributed by atoms with Crippen molar-refractivity contribution in [3.8, 4) is 5.75 Å². The van der Waals surface area contributed by atoms with Crippen LogP contribution in [0.5, 0.6) is 5.75 Å². The average molecular weight is 568 g/mol. The van der Waals surface area contributed by atoms with Gasteiger partial charge in [0.1, 0.15) is 11.4 Å². The van der Waals surface area contributed by atoms with Gasteiger partial charge in [-0.2, -0.15) is 0 Å². The predicted molar refractivity (Wildman–Crippen MR) is 152 cm³/mol. The molecule has 0 fully saturated rings. The van der Waals surface area contributed by atoms with Crippen LogP contribution in [0, 0.1) is 0 Å². The fourth-order valence-corrected chi connectivity index (χ4v) is 6.41. The lowest BCUT2D eigenvalue weighted by Crippen LogP contribution is -2.38. The fraction of sp³-hybridized carbons (Fsp3) is 0.133. The molecule has 0 bridgehead atoms. The minimum Gasteiger partial charge on any atom is -0.497 e. The van der Waals surface area contributed by atoms with E-state index in [1.54, 1.807) is 83.9 Å². The van der Waals surface area contributed by atoms with Crippen LogP contribution in [0.25, 0.3) is 10.9 Å². The van der Waals surface area contributed by atoms with E-state index in [-0.39, 0.29) is 29.0 Å². The summed E-state index contributed by atoms with van der Waals surface area (Å²) < 4.78 is 33.7. The summed E-state index contributed by atoms with van der Waals surface area (Å²) in [7, 11) is -2.52. The summed E-state index contributed by atoms with van der Waals surface area (Å²) in [5.41, 5.74) is 2.32. The normalized spacial score (nSPS) is 13.0. The highest BCUT2D eigenvalue weighted by atomic mass is 32.2. The first kappa shape index (κ1) is 26.2. The lowest BCUT2D eigenvalue weighted by molar-refractivity contribution is 0.0726. The van der Waals surface area contributed by atoms with Crippen LogP contribution in [0.3, 0.4) is 0 Å². The Hall–Kier alpha value is -5.03. The van der Waals surface area contributed by atoms with E-state index < -0.39 is 15.9 Å². The number of anilines is 1. The van der Waals surface area contributed by atoms with Gasteiger partial charge in [0.25, 0.3) is 21.8 Å². The molecule has 0 saturated heterocycles. The number of ether oxygens (including phenoxy) is 1. The Kier molecular flexibility index (Phi) is 6.72. The third kappa shape index (κ3) is 4.91. The molecule has 0 saturated carbocycles. The maximum atomic E-state index is 13.8. The maximum Gasteiger partial charge on any atom is 0.271 e. The van der Waals surface area contributed by atoms with Gasteiger partial charge < -0.3 is 9.64 Å². The monoisotopic (exact) mass is 567 g/mol. The molecule has 1 aliphatic rings. The van der Waals surface area contributed by atoms with Gasteiger partial charge in [0, 0.05) is 42.2 Å². The van der Waals surface area contributed by atoms with Gasteiger partial charge in [0.2, 0.25) is 5.95 Å². The van der Waals surface area contributed by atoms with Gasteiger partial charge in [-0.1, -0.05) is 42.5 Å². The smallest absolute Gasteiger partial charge is 0.271 e. The van der Waals surface area contributed by atoms with Crippen LogP contribution in [0.15, 0.2) is 96.0 Å². The van der Waals surface area contributed by atoms with E-state index in [9.17, 15) is 18.0 Å². The summed E-state index contributed by atoms with van der Waals surface area (Å²) in [6.07, 6.45) is 2.00. The molecule has 0 unspecified atom stereocenters. The van der Waals surface area contributed by atoms with E-state index >= 15 is 0 Å². The molecule has 2 aromatic heterocycles. The Morgan fingerprint density at radius 3 is 2.54 bits per heavy atom. The Bertz CT molecular complexity index is 1900. The summed E-state index contributed by atoms with van der Waals surface area (Å²) in [6, 6.07) is 23.4. The third-order valence-corrected chi connectivity index (χ3v) is 8.69. The number of nitrogens with one attached hydrogen (secondary N) is 1. The molecular formula is C30H25N5O5S. The molecule has 0 aliphatic carbocycles. The van der Waals surface area contributed by atoms with Crippen molar-refractivity contribution in [2.45, 2.75) is 17.9 Å². The van der Waals surface area contributed by atoms with E-state index in [1.165, 1.54) is 19.2 Å². The number of rotatable bonds is 6. The summed E-state index contributed by atoms with van der Waals surface area (Å²) in [5, 5.41) is 3.35. The van der Waals surface area contributed by atoms with E-state index in [4.69, 9.17) is 4.74 Å². The number of nitrogens with zero attached hydrogens (tertiary/aromatic N) is 4. The van der Waals surface area contributed by atoms with Gasteiger partial charge in [0.05, 0.1) is 23.2 Å². The van der Waals surface area contributed by atoms with Gasteiger partial charge in [-0.3, -0.25) is 14.9 Å². The number of methoxy groups -OCH3 is 1. The molecule has 10 nitrogen and oxygen atoms in total. The number of benzene rings is 3. The highest BCUT2D eigenvalue weighted by Crippen LogP contribution is 2.28. The number of amides is 2. The van der Waals surface area contributed by atoms with Crippen molar-refractivity contribution in [3.05, 3.63) is 114 Å². The largest absolute Gasteiger partial charge is 0.497 e. The van der Waals surface area contributed by atoms with Gasteiger partial charge in [-0.25, -0.2) is 22.4 Å². The van der Waals surface area contributed by atoms with Crippen molar-refractivity contribution in [1.29, 1.82) is 0 Å². The Morgan fingerprint density at radius 2 is 1.73 bits per heavy atom. The number of aromatic nitrogens is 3. The zero-order valence-corrected chi connectivity index (χ0v) is 22.8. The molecular weight excluding hydrogens is 542 g/mol. The second-order valence-corrected chi connectivity index (χ2v) is 11.3. The molecule has 6 rings (SSSR count). The van der Waals surface area contributed by atoms with Crippen LogP contribution in [-0.2, 0) is 23.0 Å². The van der Waals surface area contributed by atoms with Crippen LogP contribution >= 0.6 is 0 Å². The molecule has 3 heterocycles. The summed E-state index contributed by atoms with van der Waals surface area (Å²) in [5.74, 6) is -0.0690. The van der Waals surface area contributed by atoms with Crippen molar-refractivity contribution < 1.29 is 22.7 Å². The van der Waals surface area contributed by atoms with Crippen LogP contribution < -0.4 is 10.1 Å². The number of carbonyl (C=O) groups is 2. The van der Waals surface area contributed by atoms with Crippen LogP contribution in [0.4, 0.5) is 5.95 Å².